The minimum atomic E-state index is 0.260. The lowest BCUT2D eigenvalue weighted by molar-refractivity contribution is 0.734. The molecule has 0 saturated heterocycles. The number of fused-ring (bicyclic) bond motifs is 1. The molecule has 5 nitrogen and oxygen atoms in total. The summed E-state index contributed by atoms with van der Waals surface area (Å²) in [4.78, 5) is 4.48. The molecule has 0 saturated carbocycles. The van der Waals surface area contributed by atoms with Crippen LogP contribution in [0, 0.1) is 11.3 Å². The summed E-state index contributed by atoms with van der Waals surface area (Å²) in [6.45, 7) is 0.516. The summed E-state index contributed by atoms with van der Waals surface area (Å²) in [6.07, 6.45) is 0.260. The molecule has 0 atom stereocenters. The van der Waals surface area contributed by atoms with Crippen molar-refractivity contribution in [1.82, 2.24) is 19.7 Å². The first-order chi connectivity index (χ1) is 9.78. The Kier molecular flexibility index (Phi) is 3.32. The van der Waals surface area contributed by atoms with Gasteiger partial charge >= 0.3 is 0 Å². The first-order valence-electron chi connectivity index (χ1n) is 6.07. The molecule has 1 aromatic carbocycles. The van der Waals surface area contributed by atoms with Gasteiger partial charge in [0.2, 0.25) is 0 Å². The Morgan fingerprint density at radius 2 is 2.00 bits per heavy atom. The van der Waals surface area contributed by atoms with E-state index in [0.29, 0.717) is 11.7 Å². The highest BCUT2D eigenvalue weighted by Gasteiger charge is 2.11. The smallest absolute Gasteiger partial charge is 0.151 e. The van der Waals surface area contributed by atoms with Crippen molar-refractivity contribution in [2.75, 3.05) is 0 Å². The van der Waals surface area contributed by atoms with Crippen LogP contribution in [0.25, 0.3) is 11.0 Å². The molecule has 0 radical (unpaired) electrons. The summed E-state index contributed by atoms with van der Waals surface area (Å²) in [6, 6.07) is 13.4. The molecule has 0 fully saturated rings. The molecule has 2 heterocycles. The van der Waals surface area contributed by atoms with Gasteiger partial charge in [0, 0.05) is 0 Å². The molecule has 6 heteroatoms. The Hall–Kier alpha value is -2.45. The first-order valence-corrected chi connectivity index (χ1v) is 6.45. The molecular weight excluding hydrogens is 274 g/mol. The van der Waals surface area contributed by atoms with Crippen LogP contribution in [-0.2, 0) is 13.0 Å². The van der Waals surface area contributed by atoms with Crippen LogP contribution in [0.4, 0.5) is 0 Å². The average molecular weight is 284 g/mol. The van der Waals surface area contributed by atoms with E-state index in [1.807, 2.05) is 34.9 Å². The molecule has 0 spiro atoms. The quantitative estimate of drug-likeness (QED) is 0.741. The van der Waals surface area contributed by atoms with Crippen LogP contribution in [-0.4, -0.2) is 19.7 Å². The topological polar surface area (TPSA) is 67.4 Å². The number of nitriles is 1. The van der Waals surface area contributed by atoms with Crippen LogP contribution in [0.5, 0.6) is 0 Å². The zero-order valence-corrected chi connectivity index (χ0v) is 11.2. The van der Waals surface area contributed by atoms with Crippen molar-refractivity contribution in [1.29, 1.82) is 5.26 Å². The molecule has 0 amide bonds. The number of halogens is 1. The van der Waals surface area contributed by atoms with E-state index >= 15 is 0 Å². The zero-order valence-electron chi connectivity index (χ0n) is 10.5. The normalized spacial score (nSPS) is 10.6. The van der Waals surface area contributed by atoms with E-state index in [4.69, 9.17) is 16.9 Å². The SMILES string of the molecule is N#CCc1nc2ccccc2n1Cc1ccc(Cl)nn1. The van der Waals surface area contributed by atoms with E-state index in [0.717, 1.165) is 22.6 Å². The highest BCUT2D eigenvalue weighted by atomic mass is 35.5. The molecule has 0 unspecified atom stereocenters. The molecule has 98 valence electrons. The Balaban J connectivity index is 2.06. The lowest BCUT2D eigenvalue weighted by atomic mass is 10.3. The molecule has 0 aliphatic heterocycles. The van der Waals surface area contributed by atoms with E-state index in [1.165, 1.54) is 0 Å². The summed E-state index contributed by atoms with van der Waals surface area (Å²) in [5.74, 6) is 0.727. The molecular formula is C14H10ClN5. The van der Waals surface area contributed by atoms with Crippen molar-refractivity contribution < 1.29 is 0 Å². The standard InChI is InChI=1S/C14H10ClN5/c15-13-6-5-10(18-19-13)9-20-12-4-2-1-3-11(12)17-14(20)7-8-16/h1-6H,7,9H2. The fraction of sp³-hybridized carbons (Fsp3) is 0.143. The highest BCUT2D eigenvalue weighted by molar-refractivity contribution is 6.29. The highest BCUT2D eigenvalue weighted by Crippen LogP contribution is 2.17. The lowest BCUT2D eigenvalue weighted by Crippen LogP contribution is -2.06. The number of nitrogens with zero attached hydrogens (tertiary/aromatic N) is 5. The van der Waals surface area contributed by atoms with Gasteiger partial charge in [0.25, 0.3) is 0 Å². The van der Waals surface area contributed by atoms with Gasteiger partial charge in [-0.05, 0) is 24.3 Å². The third-order valence-corrected chi connectivity index (χ3v) is 3.18. The Bertz CT molecular complexity index is 785. The fourth-order valence-electron chi connectivity index (χ4n) is 2.10. The van der Waals surface area contributed by atoms with Crippen molar-refractivity contribution >= 4 is 22.6 Å². The number of hydrogen-bond acceptors (Lipinski definition) is 4. The van der Waals surface area contributed by atoms with Crippen molar-refractivity contribution in [3.63, 3.8) is 0 Å². The lowest BCUT2D eigenvalue weighted by Gasteiger charge is -2.06. The van der Waals surface area contributed by atoms with Crippen molar-refractivity contribution in [3.05, 3.63) is 53.1 Å². The minimum absolute atomic E-state index is 0.260. The maximum atomic E-state index is 8.92. The number of para-hydroxylation sites is 2. The monoisotopic (exact) mass is 283 g/mol. The van der Waals surface area contributed by atoms with Gasteiger partial charge in [-0.25, -0.2) is 4.98 Å². The third-order valence-electron chi connectivity index (χ3n) is 2.98. The zero-order chi connectivity index (χ0) is 13.9. The van der Waals surface area contributed by atoms with Gasteiger partial charge in [-0.15, -0.1) is 5.10 Å². The number of hydrogen-bond donors (Lipinski definition) is 0. The molecule has 20 heavy (non-hydrogen) atoms. The number of imidazole rings is 1. The molecule has 0 N–H and O–H groups in total. The van der Waals surface area contributed by atoms with Gasteiger partial charge in [-0.2, -0.15) is 10.4 Å². The van der Waals surface area contributed by atoms with Gasteiger partial charge in [0.15, 0.2) is 5.15 Å². The maximum Gasteiger partial charge on any atom is 0.151 e. The van der Waals surface area contributed by atoms with Gasteiger partial charge in [-0.3, -0.25) is 0 Å². The van der Waals surface area contributed by atoms with E-state index in [2.05, 4.69) is 21.3 Å². The summed E-state index contributed by atoms with van der Waals surface area (Å²) >= 11 is 5.73. The molecule has 2 aromatic heterocycles. The molecule has 3 aromatic rings. The maximum absolute atomic E-state index is 8.92. The van der Waals surface area contributed by atoms with Crippen LogP contribution in [0.1, 0.15) is 11.5 Å². The minimum Gasteiger partial charge on any atom is -0.321 e. The Morgan fingerprint density at radius 3 is 2.75 bits per heavy atom. The van der Waals surface area contributed by atoms with Crippen molar-refractivity contribution in [3.8, 4) is 6.07 Å². The molecule has 0 bridgehead atoms. The Labute approximate surface area is 120 Å². The predicted molar refractivity (Wildman–Crippen MR) is 75.2 cm³/mol. The van der Waals surface area contributed by atoms with Crippen LogP contribution in [0.15, 0.2) is 36.4 Å². The van der Waals surface area contributed by atoms with Crippen LogP contribution in [0.3, 0.4) is 0 Å². The van der Waals surface area contributed by atoms with E-state index in [1.54, 1.807) is 6.07 Å². The summed E-state index contributed by atoms with van der Waals surface area (Å²) in [5, 5.41) is 17.2. The van der Waals surface area contributed by atoms with Crippen molar-refractivity contribution in [2.45, 2.75) is 13.0 Å². The molecule has 3 rings (SSSR count). The summed E-state index contributed by atoms with van der Waals surface area (Å²) in [5.41, 5.74) is 2.63. The first kappa shape index (κ1) is 12.6. The fourth-order valence-corrected chi connectivity index (χ4v) is 2.20. The second kappa shape index (κ2) is 5.27. The van der Waals surface area contributed by atoms with Crippen LogP contribution < -0.4 is 0 Å². The third kappa shape index (κ3) is 2.33. The van der Waals surface area contributed by atoms with E-state index in [-0.39, 0.29) is 6.42 Å². The summed E-state index contributed by atoms with van der Waals surface area (Å²) in [7, 11) is 0. The van der Waals surface area contributed by atoms with E-state index in [9.17, 15) is 0 Å². The number of rotatable bonds is 3. The Morgan fingerprint density at radius 1 is 1.15 bits per heavy atom. The van der Waals surface area contributed by atoms with Gasteiger partial charge in [0.05, 0.1) is 35.8 Å². The van der Waals surface area contributed by atoms with Gasteiger partial charge in [-0.1, -0.05) is 23.7 Å². The van der Waals surface area contributed by atoms with Crippen molar-refractivity contribution in [2.24, 2.45) is 0 Å². The number of benzene rings is 1. The van der Waals surface area contributed by atoms with Crippen LogP contribution in [0.2, 0.25) is 5.15 Å². The van der Waals surface area contributed by atoms with Gasteiger partial charge in [0.1, 0.15) is 5.82 Å². The molecule has 0 aliphatic rings. The second-order valence-electron chi connectivity index (χ2n) is 4.29. The van der Waals surface area contributed by atoms with Gasteiger partial charge < -0.3 is 4.57 Å². The average Bonchev–Trinajstić information content (AvgIpc) is 2.80. The van der Waals surface area contributed by atoms with Crippen LogP contribution >= 0.6 is 11.6 Å². The molecule has 0 aliphatic carbocycles. The largest absolute Gasteiger partial charge is 0.321 e. The predicted octanol–water partition coefficient (Wildman–Crippen LogP) is 2.59. The summed E-state index contributed by atoms with van der Waals surface area (Å²) < 4.78 is 1.98. The van der Waals surface area contributed by atoms with E-state index < -0.39 is 0 Å². The second-order valence-corrected chi connectivity index (χ2v) is 4.67. The number of aromatic nitrogens is 4.